The Morgan fingerprint density at radius 1 is 1.11 bits per heavy atom. The predicted molar refractivity (Wildman–Crippen MR) is 99.7 cm³/mol. The standard InChI is InChI=1S/C20H16FN5O/c21-17-6-4-14(5-7-17)8-9-23-20-24-12-16(13-25-20)19(27)26-18-3-1-2-15(10-18)11-22/h1-7,10,12-13H,8-9H2,(H,26,27)(H,23,24,25). The number of aromatic nitrogens is 2. The summed E-state index contributed by atoms with van der Waals surface area (Å²) in [7, 11) is 0. The van der Waals surface area contributed by atoms with Gasteiger partial charge in [0.15, 0.2) is 0 Å². The van der Waals surface area contributed by atoms with E-state index >= 15 is 0 Å². The third-order valence-electron chi connectivity index (χ3n) is 3.77. The van der Waals surface area contributed by atoms with Crippen LogP contribution in [0.2, 0.25) is 0 Å². The van der Waals surface area contributed by atoms with Crippen LogP contribution in [0.1, 0.15) is 21.5 Å². The summed E-state index contributed by atoms with van der Waals surface area (Å²) in [4.78, 5) is 20.5. The van der Waals surface area contributed by atoms with Gasteiger partial charge in [0, 0.05) is 24.6 Å². The van der Waals surface area contributed by atoms with E-state index in [1.165, 1.54) is 24.5 Å². The van der Waals surface area contributed by atoms with Crippen molar-refractivity contribution in [2.45, 2.75) is 6.42 Å². The zero-order chi connectivity index (χ0) is 19.1. The Morgan fingerprint density at radius 3 is 2.56 bits per heavy atom. The van der Waals surface area contributed by atoms with Crippen molar-refractivity contribution in [1.82, 2.24) is 9.97 Å². The second-order valence-electron chi connectivity index (χ2n) is 5.75. The van der Waals surface area contributed by atoms with Gasteiger partial charge in [-0.1, -0.05) is 18.2 Å². The Hall–Kier alpha value is -3.79. The van der Waals surface area contributed by atoms with Crippen LogP contribution in [-0.2, 0) is 6.42 Å². The van der Waals surface area contributed by atoms with Gasteiger partial charge in [0.25, 0.3) is 5.91 Å². The van der Waals surface area contributed by atoms with E-state index in [9.17, 15) is 9.18 Å². The molecule has 2 aromatic carbocycles. The summed E-state index contributed by atoms with van der Waals surface area (Å²) < 4.78 is 12.9. The molecular formula is C20H16FN5O. The predicted octanol–water partition coefficient (Wildman–Crippen LogP) is 3.39. The first-order chi connectivity index (χ1) is 13.1. The summed E-state index contributed by atoms with van der Waals surface area (Å²) in [6.07, 6.45) is 3.55. The number of hydrogen-bond acceptors (Lipinski definition) is 5. The zero-order valence-electron chi connectivity index (χ0n) is 14.3. The average Bonchev–Trinajstić information content (AvgIpc) is 2.70. The Balaban J connectivity index is 1.53. The summed E-state index contributed by atoms with van der Waals surface area (Å²) in [5.74, 6) is -0.216. The molecule has 0 radical (unpaired) electrons. The first-order valence-electron chi connectivity index (χ1n) is 8.26. The molecule has 1 amide bonds. The second kappa shape index (κ2) is 8.54. The lowest BCUT2D eigenvalue weighted by molar-refractivity contribution is 0.102. The zero-order valence-corrected chi connectivity index (χ0v) is 14.3. The molecule has 0 saturated heterocycles. The van der Waals surface area contributed by atoms with E-state index in [2.05, 4.69) is 20.6 Å². The fraction of sp³-hybridized carbons (Fsp3) is 0.100. The van der Waals surface area contributed by atoms with Crippen LogP contribution in [0, 0.1) is 17.1 Å². The van der Waals surface area contributed by atoms with Gasteiger partial charge in [-0.3, -0.25) is 4.79 Å². The lowest BCUT2D eigenvalue weighted by Crippen LogP contribution is -2.14. The molecule has 3 rings (SSSR count). The summed E-state index contributed by atoms with van der Waals surface area (Å²) >= 11 is 0. The smallest absolute Gasteiger partial charge is 0.258 e. The molecule has 1 aromatic heterocycles. The number of halogens is 1. The van der Waals surface area contributed by atoms with Crippen molar-refractivity contribution < 1.29 is 9.18 Å². The van der Waals surface area contributed by atoms with Crippen LogP contribution in [-0.4, -0.2) is 22.4 Å². The maximum absolute atomic E-state index is 12.9. The highest BCUT2D eigenvalue weighted by Gasteiger charge is 2.08. The molecule has 0 unspecified atom stereocenters. The monoisotopic (exact) mass is 361 g/mol. The van der Waals surface area contributed by atoms with Gasteiger partial charge in [-0.2, -0.15) is 5.26 Å². The number of nitrogens with one attached hydrogen (secondary N) is 2. The highest BCUT2D eigenvalue weighted by atomic mass is 19.1. The normalized spacial score (nSPS) is 10.1. The average molecular weight is 361 g/mol. The molecule has 0 saturated carbocycles. The van der Waals surface area contributed by atoms with E-state index in [0.717, 1.165) is 5.56 Å². The molecule has 0 aliphatic heterocycles. The number of nitrogens with zero attached hydrogens (tertiary/aromatic N) is 3. The Bertz CT molecular complexity index is 965. The lowest BCUT2D eigenvalue weighted by atomic mass is 10.1. The van der Waals surface area contributed by atoms with Gasteiger partial charge in [-0.15, -0.1) is 0 Å². The molecule has 0 aliphatic rings. The highest BCUT2D eigenvalue weighted by molar-refractivity contribution is 6.03. The first kappa shape index (κ1) is 18.0. The van der Waals surface area contributed by atoms with Crippen LogP contribution in [0.4, 0.5) is 16.0 Å². The number of carbonyl (C=O) groups is 1. The molecule has 0 fully saturated rings. The number of hydrogen-bond donors (Lipinski definition) is 2. The van der Waals surface area contributed by atoms with Gasteiger partial charge >= 0.3 is 0 Å². The number of rotatable bonds is 6. The molecule has 1 heterocycles. The van der Waals surface area contributed by atoms with Crippen molar-refractivity contribution in [2.24, 2.45) is 0 Å². The van der Waals surface area contributed by atoms with E-state index in [1.807, 2.05) is 6.07 Å². The van der Waals surface area contributed by atoms with E-state index in [1.54, 1.807) is 36.4 Å². The van der Waals surface area contributed by atoms with E-state index in [0.29, 0.717) is 35.7 Å². The van der Waals surface area contributed by atoms with E-state index in [-0.39, 0.29) is 11.7 Å². The van der Waals surface area contributed by atoms with Gasteiger partial charge in [-0.25, -0.2) is 14.4 Å². The third kappa shape index (κ3) is 5.09. The van der Waals surface area contributed by atoms with Gasteiger partial charge in [0.05, 0.1) is 17.2 Å². The molecule has 27 heavy (non-hydrogen) atoms. The van der Waals surface area contributed by atoms with Gasteiger partial charge in [0.2, 0.25) is 5.95 Å². The maximum Gasteiger partial charge on any atom is 0.258 e. The number of anilines is 2. The van der Waals surface area contributed by atoms with Crippen LogP contribution >= 0.6 is 0 Å². The fourth-order valence-electron chi connectivity index (χ4n) is 2.38. The molecule has 0 aliphatic carbocycles. The fourth-order valence-corrected chi connectivity index (χ4v) is 2.38. The minimum absolute atomic E-state index is 0.261. The van der Waals surface area contributed by atoms with Gasteiger partial charge in [0.1, 0.15) is 5.82 Å². The first-order valence-corrected chi connectivity index (χ1v) is 8.26. The van der Waals surface area contributed by atoms with Gasteiger partial charge in [-0.05, 0) is 42.3 Å². The number of carbonyl (C=O) groups excluding carboxylic acids is 1. The maximum atomic E-state index is 12.9. The molecule has 134 valence electrons. The Morgan fingerprint density at radius 2 is 1.85 bits per heavy atom. The van der Waals surface area contributed by atoms with E-state index < -0.39 is 0 Å². The van der Waals surface area contributed by atoms with Crippen molar-refractivity contribution in [3.63, 3.8) is 0 Å². The third-order valence-corrected chi connectivity index (χ3v) is 3.77. The molecule has 3 aromatic rings. The Kier molecular flexibility index (Phi) is 5.70. The van der Waals surface area contributed by atoms with Crippen LogP contribution in [0.5, 0.6) is 0 Å². The van der Waals surface area contributed by atoms with Crippen molar-refractivity contribution in [3.05, 3.63) is 83.4 Å². The van der Waals surface area contributed by atoms with Crippen LogP contribution in [0.15, 0.2) is 60.9 Å². The SMILES string of the molecule is N#Cc1cccc(NC(=O)c2cnc(NCCc3ccc(F)cc3)nc2)c1. The summed E-state index contributed by atoms with van der Waals surface area (Å²) in [5.41, 5.74) is 2.30. The van der Waals surface area contributed by atoms with Crippen molar-refractivity contribution in [2.75, 3.05) is 17.2 Å². The topological polar surface area (TPSA) is 90.7 Å². The van der Waals surface area contributed by atoms with Gasteiger partial charge < -0.3 is 10.6 Å². The largest absolute Gasteiger partial charge is 0.354 e. The molecule has 0 atom stereocenters. The van der Waals surface area contributed by atoms with Crippen LogP contribution in [0.25, 0.3) is 0 Å². The van der Waals surface area contributed by atoms with Crippen LogP contribution in [0.3, 0.4) is 0 Å². The lowest BCUT2D eigenvalue weighted by Gasteiger charge is -2.07. The highest BCUT2D eigenvalue weighted by Crippen LogP contribution is 2.12. The minimum Gasteiger partial charge on any atom is -0.354 e. The molecule has 0 spiro atoms. The molecule has 0 bridgehead atoms. The molecule has 2 N–H and O–H groups in total. The quantitative estimate of drug-likeness (QED) is 0.702. The Labute approximate surface area is 155 Å². The molecule has 6 nitrogen and oxygen atoms in total. The molecule has 7 heteroatoms. The second-order valence-corrected chi connectivity index (χ2v) is 5.75. The number of nitriles is 1. The van der Waals surface area contributed by atoms with Crippen LogP contribution < -0.4 is 10.6 Å². The number of amides is 1. The summed E-state index contributed by atoms with van der Waals surface area (Å²) in [5, 5.41) is 14.6. The van der Waals surface area contributed by atoms with Crippen molar-refractivity contribution >= 4 is 17.5 Å². The van der Waals surface area contributed by atoms with E-state index in [4.69, 9.17) is 5.26 Å². The summed E-state index contributed by atoms with van der Waals surface area (Å²) in [6, 6.07) is 15.0. The minimum atomic E-state index is -0.358. The molecular weight excluding hydrogens is 345 g/mol. The van der Waals surface area contributed by atoms with Crippen molar-refractivity contribution in [3.8, 4) is 6.07 Å². The number of benzene rings is 2. The van der Waals surface area contributed by atoms with Crippen molar-refractivity contribution in [1.29, 1.82) is 5.26 Å². The summed E-state index contributed by atoms with van der Waals surface area (Å²) in [6.45, 7) is 0.581.